The number of carbonyl (C=O) groups is 2. The van der Waals surface area contributed by atoms with Crippen LogP contribution in [0.4, 0.5) is 10.1 Å². The molecule has 4 nitrogen and oxygen atoms in total. The third-order valence-corrected chi connectivity index (χ3v) is 4.85. The minimum absolute atomic E-state index is 0.00786. The minimum Gasteiger partial charge on any atom is -0.348 e. The normalized spacial score (nSPS) is 12.5. The summed E-state index contributed by atoms with van der Waals surface area (Å²) in [5.74, 6) is -0.763. The van der Waals surface area contributed by atoms with Crippen LogP contribution in [0.1, 0.15) is 31.8 Å². The summed E-state index contributed by atoms with van der Waals surface area (Å²) in [6, 6.07) is 20.7. The molecule has 3 aromatic rings. The van der Waals surface area contributed by atoms with Gasteiger partial charge in [-0.2, -0.15) is 0 Å². The summed E-state index contributed by atoms with van der Waals surface area (Å²) >= 11 is 0. The number of halogens is 1. The molecule has 0 saturated carbocycles. The number of nitrogens with zero attached hydrogens (tertiary/aromatic N) is 1. The summed E-state index contributed by atoms with van der Waals surface area (Å²) in [7, 11) is 0. The summed E-state index contributed by atoms with van der Waals surface area (Å²) in [6.45, 7) is 0.984. The van der Waals surface area contributed by atoms with Gasteiger partial charge in [-0.25, -0.2) is 4.39 Å². The summed E-state index contributed by atoms with van der Waals surface area (Å²) in [6.07, 6.45) is 0.777. The van der Waals surface area contributed by atoms with Crippen LogP contribution in [0.5, 0.6) is 0 Å². The van der Waals surface area contributed by atoms with Crippen LogP contribution in [0.3, 0.4) is 0 Å². The van der Waals surface area contributed by atoms with Gasteiger partial charge in [-0.15, -0.1) is 0 Å². The van der Waals surface area contributed by atoms with Gasteiger partial charge in [0.1, 0.15) is 5.82 Å². The third-order valence-electron chi connectivity index (χ3n) is 4.85. The van der Waals surface area contributed by atoms with Gasteiger partial charge in [-0.05, 0) is 53.9 Å². The predicted molar refractivity (Wildman–Crippen MR) is 106 cm³/mol. The van der Waals surface area contributed by atoms with Gasteiger partial charge in [-0.3, -0.25) is 9.59 Å². The van der Waals surface area contributed by atoms with E-state index in [1.165, 1.54) is 18.2 Å². The van der Waals surface area contributed by atoms with Gasteiger partial charge >= 0.3 is 0 Å². The number of anilines is 1. The lowest BCUT2D eigenvalue weighted by Gasteiger charge is -2.17. The van der Waals surface area contributed by atoms with Crippen LogP contribution in [0.15, 0.2) is 72.8 Å². The highest BCUT2D eigenvalue weighted by atomic mass is 19.1. The average Bonchev–Trinajstić information content (AvgIpc) is 3.15. The fourth-order valence-corrected chi connectivity index (χ4v) is 3.43. The summed E-state index contributed by atoms with van der Waals surface area (Å²) in [5.41, 5.74) is 3.90. The molecule has 140 valence electrons. The molecular weight excluding hydrogens is 355 g/mol. The van der Waals surface area contributed by atoms with Crippen LogP contribution in [0.2, 0.25) is 0 Å². The molecule has 0 radical (unpaired) electrons. The van der Waals surface area contributed by atoms with Crippen LogP contribution in [0.25, 0.3) is 0 Å². The summed E-state index contributed by atoms with van der Waals surface area (Å²) < 4.78 is 13.3. The number of hydrogen-bond donors (Lipinski definition) is 1. The first-order chi connectivity index (χ1) is 13.6. The minimum atomic E-state index is -0.437. The van der Waals surface area contributed by atoms with Crippen LogP contribution < -0.4 is 10.2 Å². The molecule has 5 heteroatoms. The van der Waals surface area contributed by atoms with Crippen molar-refractivity contribution in [2.24, 2.45) is 0 Å². The Morgan fingerprint density at radius 2 is 1.71 bits per heavy atom. The first kappa shape index (κ1) is 17.9. The first-order valence-electron chi connectivity index (χ1n) is 9.14. The maximum Gasteiger partial charge on any atom is 0.258 e. The second kappa shape index (κ2) is 7.64. The number of hydrogen-bond acceptors (Lipinski definition) is 2. The van der Waals surface area contributed by atoms with E-state index in [-0.39, 0.29) is 11.8 Å². The molecule has 0 atom stereocenters. The monoisotopic (exact) mass is 374 g/mol. The Morgan fingerprint density at radius 3 is 2.50 bits per heavy atom. The molecule has 0 spiro atoms. The number of rotatable bonds is 4. The molecule has 0 aromatic heterocycles. The molecule has 1 aliphatic heterocycles. The molecule has 1 N–H and O–H groups in total. The van der Waals surface area contributed by atoms with E-state index in [0.29, 0.717) is 24.2 Å². The van der Waals surface area contributed by atoms with Crippen LogP contribution in [-0.4, -0.2) is 18.4 Å². The molecule has 0 fully saturated rings. The second-order valence-electron chi connectivity index (χ2n) is 6.73. The van der Waals surface area contributed by atoms with E-state index in [9.17, 15) is 14.0 Å². The van der Waals surface area contributed by atoms with E-state index >= 15 is 0 Å². The van der Waals surface area contributed by atoms with Crippen molar-refractivity contribution in [2.75, 3.05) is 11.4 Å². The highest BCUT2D eigenvalue weighted by molar-refractivity contribution is 6.07. The number of carbonyl (C=O) groups excluding carboxylic acids is 2. The molecule has 28 heavy (non-hydrogen) atoms. The van der Waals surface area contributed by atoms with E-state index in [1.54, 1.807) is 11.0 Å². The largest absolute Gasteiger partial charge is 0.348 e. The van der Waals surface area contributed by atoms with Crippen molar-refractivity contribution >= 4 is 17.5 Å². The lowest BCUT2D eigenvalue weighted by atomic mass is 10.1. The highest BCUT2D eigenvalue weighted by Crippen LogP contribution is 2.30. The number of amides is 2. The molecule has 0 bridgehead atoms. The fourth-order valence-electron chi connectivity index (χ4n) is 3.43. The van der Waals surface area contributed by atoms with Gasteiger partial charge in [-0.1, -0.05) is 36.4 Å². The fraction of sp³-hybridized carbons (Fsp3) is 0.130. The zero-order valence-electron chi connectivity index (χ0n) is 15.2. The van der Waals surface area contributed by atoms with Crippen molar-refractivity contribution in [3.8, 4) is 0 Å². The first-order valence-corrected chi connectivity index (χ1v) is 9.14. The molecule has 0 saturated heterocycles. The van der Waals surface area contributed by atoms with E-state index in [2.05, 4.69) is 5.32 Å². The van der Waals surface area contributed by atoms with Crippen molar-refractivity contribution in [3.63, 3.8) is 0 Å². The van der Waals surface area contributed by atoms with Gasteiger partial charge in [0.05, 0.1) is 0 Å². The Labute approximate surface area is 162 Å². The Balaban J connectivity index is 1.45. The van der Waals surface area contributed by atoms with Crippen molar-refractivity contribution < 1.29 is 14.0 Å². The molecule has 4 rings (SSSR count). The number of fused-ring (bicyclic) bond motifs is 1. The number of benzene rings is 3. The lowest BCUT2D eigenvalue weighted by molar-refractivity contribution is 0.0949. The summed E-state index contributed by atoms with van der Waals surface area (Å²) in [5, 5.41) is 2.81. The molecule has 0 aliphatic carbocycles. The standard InChI is InChI=1S/C23H19FN2O2/c24-20-8-4-7-19(14-20)22(27)25-15-16-9-10-21-18(13-16)11-12-26(21)23(28)17-5-2-1-3-6-17/h1-10,13-14H,11-12,15H2,(H,25,27). The maximum absolute atomic E-state index is 13.3. The van der Waals surface area contributed by atoms with Gasteiger partial charge in [0, 0.05) is 29.9 Å². The number of nitrogens with one attached hydrogen (secondary N) is 1. The van der Waals surface area contributed by atoms with E-state index < -0.39 is 5.82 Å². The van der Waals surface area contributed by atoms with E-state index in [4.69, 9.17) is 0 Å². The Bertz CT molecular complexity index is 1030. The quantitative estimate of drug-likeness (QED) is 0.752. The van der Waals surface area contributed by atoms with Crippen molar-refractivity contribution in [3.05, 3.63) is 101 Å². The van der Waals surface area contributed by atoms with Crippen LogP contribution in [-0.2, 0) is 13.0 Å². The SMILES string of the molecule is O=C(NCc1ccc2c(c1)CCN2C(=O)c1ccccc1)c1cccc(F)c1. The zero-order chi connectivity index (χ0) is 19.5. The molecule has 3 aromatic carbocycles. The van der Waals surface area contributed by atoms with Gasteiger partial charge in [0.25, 0.3) is 11.8 Å². The van der Waals surface area contributed by atoms with Crippen LogP contribution in [0, 0.1) is 5.82 Å². The highest BCUT2D eigenvalue weighted by Gasteiger charge is 2.25. The topological polar surface area (TPSA) is 49.4 Å². The molecule has 0 unspecified atom stereocenters. The van der Waals surface area contributed by atoms with Crippen LogP contribution >= 0.6 is 0 Å². The molecule has 1 heterocycles. The predicted octanol–water partition coefficient (Wildman–Crippen LogP) is 3.96. The summed E-state index contributed by atoms with van der Waals surface area (Å²) in [4.78, 5) is 26.7. The Kier molecular flexibility index (Phi) is 4.89. The van der Waals surface area contributed by atoms with Gasteiger partial charge in [0.2, 0.25) is 0 Å². The molecular formula is C23H19FN2O2. The van der Waals surface area contributed by atoms with Gasteiger partial charge < -0.3 is 10.2 Å². The molecule has 2 amide bonds. The Hall–Kier alpha value is -3.47. The van der Waals surface area contributed by atoms with Crippen molar-refractivity contribution in [1.29, 1.82) is 0 Å². The van der Waals surface area contributed by atoms with Crippen molar-refractivity contribution in [1.82, 2.24) is 5.32 Å². The van der Waals surface area contributed by atoms with E-state index in [0.717, 1.165) is 23.2 Å². The average molecular weight is 374 g/mol. The third kappa shape index (κ3) is 3.64. The lowest BCUT2D eigenvalue weighted by Crippen LogP contribution is -2.28. The maximum atomic E-state index is 13.3. The smallest absolute Gasteiger partial charge is 0.258 e. The zero-order valence-corrected chi connectivity index (χ0v) is 15.2. The Morgan fingerprint density at radius 1 is 0.929 bits per heavy atom. The van der Waals surface area contributed by atoms with Crippen molar-refractivity contribution in [2.45, 2.75) is 13.0 Å². The second-order valence-corrected chi connectivity index (χ2v) is 6.73. The van der Waals surface area contributed by atoms with Gasteiger partial charge in [0.15, 0.2) is 0 Å². The molecule has 1 aliphatic rings. The van der Waals surface area contributed by atoms with E-state index in [1.807, 2.05) is 48.5 Å².